The molecule has 1 aromatic heterocycles. The molecule has 4 nitrogen and oxygen atoms in total. The number of nitriles is 1. The number of fused-ring (bicyclic) bond motifs is 2. The van der Waals surface area contributed by atoms with E-state index in [1.54, 1.807) is 4.90 Å². The molecule has 2 heterocycles. The van der Waals surface area contributed by atoms with E-state index in [-0.39, 0.29) is 12.3 Å². The van der Waals surface area contributed by atoms with Gasteiger partial charge in [0.25, 0.3) is 0 Å². The fourth-order valence-electron chi connectivity index (χ4n) is 4.12. The average Bonchev–Trinajstić information content (AvgIpc) is 2.84. The van der Waals surface area contributed by atoms with Crippen LogP contribution in [-0.4, -0.2) is 28.9 Å². The Labute approximate surface area is 178 Å². The Morgan fingerprint density at radius 1 is 1.18 bits per heavy atom. The Hall–Kier alpha value is -2.16. The zero-order valence-corrected chi connectivity index (χ0v) is 17.7. The van der Waals surface area contributed by atoms with E-state index in [1.165, 1.54) is 27.8 Å². The number of amides is 1. The lowest BCUT2D eigenvalue weighted by Gasteiger charge is -2.30. The van der Waals surface area contributed by atoms with Crippen LogP contribution < -0.4 is 0 Å². The van der Waals surface area contributed by atoms with Crippen LogP contribution in [0.5, 0.6) is 0 Å². The Balaban J connectivity index is 1.79. The number of hydrogen-bond acceptors (Lipinski definition) is 3. The number of aromatic nitrogens is 1. The highest BCUT2D eigenvalue weighted by Gasteiger charge is 2.26. The van der Waals surface area contributed by atoms with Crippen molar-refractivity contribution in [3.63, 3.8) is 0 Å². The van der Waals surface area contributed by atoms with E-state index in [4.69, 9.17) is 21.8 Å². The summed E-state index contributed by atoms with van der Waals surface area (Å²) >= 11 is 9.82. The van der Waals surface area contributed by atoms with Gasteiger partial charge in [0.2, 0.25) is 5.91 Å². The minimum absolute atomic E-state index is 0.0499. The predicted octanol–water partition coefficient (Wildman–Crippen LogP) is 4.93. The second kappa shape index (κ2) is 8.06. The second-order valence-electron chi connectivity index (χ2n) is 7.16. The number of aryl methyl sites for hydroxylation is 2. The molecule has 0 saturated carbocycles. The van der Waals surface area contributed by atoms with Crippen molar-refractivity contribution in [3.8, 4) is 6.07 Å². The molecule has 1 amide bonds. The van der Waals surface area contributed by atoms with Crippen molar-refractivity contribution in [3.05, 3.63) is 67.9 Å². The number of rotatable bonds is 1. The van der Waals surface area contributed by atoms with Gasteiger partial charge in [-0.1, -0.05) is 23.2 Å². The van der Waals surface area contributed by atoms with Gasteiger partial charge in [0.05, 0.1) is 11.8 Å². The van der Waals surface area contributed by atoms with E-state index < -0.39 is 0 Å². The molecule has 2 aliphatic rings. The SMILES string of the molecule is N#CCC(=O)N1CCC(=C2c3ccc(Cl)cc3CCc3cc(Br)cnc32)CC1. The van der Waals surface area contributed by atoms with E-state index in [0.29, 0.717) is 13.1 Å². The van der Waals surface area contributed by atoms with Crippen LogP contribution in [-0.2, 0) is 17.6 Å². The highest BCUT2D eigenvalue weighted by atomic mass is 79.9. The third-order valence-corrected chi connectivity index (χ3v) is 6.14. The first-order valence-electron chi connectivity index (χ1n) is 9.37. The van der Waals surface area contributed by atoms with Crippen molar-refractivity contribution >= 4 is 39.0 Å². The summed E-state index contributed by atoms with van der Waals surface area (Å²) in [6, 6.07) is 10.2. The lowest BCUT2D eigenvalue weighted by Crippen LogP contribution is -2.36. The van der Waals surface area contributed by atoms with Gasteiger partial charge in [0.1, 0.15) is 6.42 Å². The second-order valence-corrected chi connectivity index (χ2v) is 8.51. The number of pyridine rings is 1. The summed E-state index contributed by atoms with van der Waals surface area (Å²) in [5, 5.41) is 9.54. The molecule has 4 rings (SSSR count). The number of piperidine rings is 1. The van der Waals surface area contributed by atoms with Crippen molar-refractivity contribution in [2.45, 2.75) is 32.1 Å². The zero-order valence-electron chi connectivity index (χ0n) is 15.3. The molecule has 0 radical (unpaired) electrons. The third-order valence-electron chi connectivity index (χ3n) is 5.47. The molecule has 28 heavy (non-hydrogen) atoms. The summed E-state index contributed by atoms with van der Waals surface area (Å²) in [5.41, 5.74) is 7.22. The maximum absolute atomic E-state index is 12.1. The molecule has 1 aliphatic heterocycles. The molecule has 1 aromatic carbocycles. The van der Waals surface area contributed by atoms with Gasteiger partial charge in [-0.05, 0) is 76.5 Å². The van der Waals surface area contributed by atoms with Gasteiger partial charge < -0.3 is 4.90 Å². The van der Waals surface area contributed by atoms with Crippen LogP contribution in [0.15, 0.2) is 40.5 Å². The van der Waals surface area contributed by atoms with Crippen LogP contribution in [0.2, 0.25) is 5.02 Å². The number of carbonyl (C=O) groups is 1. The summed E-state index contributed by atoms with van der Waals surface area (Å²) in [5.74, 6) is -0.0814. The Morgan fingerprint density at radius 3 is 2.68 bits per heavy atom. The third kappa shape index (κ3) is 3.72. The van der Waals surface area contributed by atoms with Crippen LogP contribution in [0.1, 0.15) is 41.6 Å². The van der Waals surface area contributed by atoms with E-state index in [2.05, 4.69) is 34.1 Å². The van der Waals surface area contributed by atoms with Crippen molar-refractivity contribution in [2.24, 2.45) is 0 Å². The van der Waals surface area contributed by atoms with Gasteiger partial charge in [0, 0.05) is 34.4 Å². The normalized spacial score (nSPS) is 16.1. The fraction of sp³-hybridized carbons (Fsp3) is 0.318. The van der Waals surface area contributed by atoms with Gasteiger partial charge in [-0.25, -0.2) is 0 Å². The number of carbonyl (C=O) groups excluding carboxylic acids is 1. The topological polar surface area (TPSA) is 57.0 Å². The predicted molar refractivity (Wildman–Crippen MR) is 113 cm³/mol. The summed E-state index contributed by atoms with van der Waals surface area (Å²) in [4.78, 5) is 18.6. The van der Waals surface area contributed by atoms with E-state index in [0.717, 1.165) is 40.9 Å². The molecule has 6 heteroatoms. The van der Waals surface area contributed by atoms with Crippen molar-refractivity contribution in [1.29, 1.82) is 5.26 Å². The lowest BCUT2D eigenvalue weighted by molar-refractivity contribution is -0.130. The standard InChI is InChI=1S/C22H19BrClN3O/c23-17-11-16-2-1-15-12-18(24)3-4-19(15)21(22(16)26-13-17)14-6-9-27(10-7-14)20(28)5-8-25/h3-4,11-13H,1-2,5-7,9-10H2. The van der Waals surface area contributed by atoms with Crippen molar-refractivity contribution < 1.29 is 4.79 Å². The molecule has 0 atom stereocenters. The van der Waals surface area contributed by atoms with Crippen molar-refractivity contribution in [2.75, 3.05) is 13.1 Å². The van der Waals surface area contributed by atoms with Crippen LogP contribution in [0.3, 0.4) is 0 Å². The number of halogens is 2. The Morgan fingerprint density at radius 2 is 1.93 bits per heavy atom. The molecule has 1 fully saturated rings. The lowest BCUT2D eigenvalue weighted by atomic mass is 9.88. The van der Waals surface area contributed by atoms with Gasteiger partial charge >= 0.3 is 0 Å². The smallest absolute Gasteiger partial charge is 0.236 e. The average molecular weight is 457 g/mol. The van der Waals surface area contributed by atoms with Gasteiger partial charge in [-0.2, -0.15) is 5.26 Å². The molecule has 0 spiro atoms. The summed E-state index contributed by atoms with van der Waals surface area (Å²) in [6.07, 6.45) is 5.23. The van der Waals surface area contributed by atoms with Crippen LogP contribution in [0, 0.1) is 11.3 Å². The monoisotopic (exact) mass is 455 g/mol. The minimum atomic E-state index is -0.0814. The Bertz CT molecular complexity index is 959. The Kier molecular flexibility index (Phi) is 5.52. The molecular weight excluding hydrogens is 438 g/mol. The summed E-state index contributed by atoms with van der Waals surface area (Å²) in [7, 11) is 0. The first-order chi connectivity index (χ1) is 13.6. The number of hydrogen-bond donors (Lipinski definition) is 0. The number of benzene rings is 1. The van der Waals surface area contributed by atoms with Crippen molar-refractivity contribution in [1.82, 2.24) is 9.88 Å². The van der Waals surface area contributed by atoms with E-state index >= 15 is 0 Å². The molecule has 1 saturated heterocycles. The van der Waals surface area contributed by atoms with Crippen LogP contribution in [0.25, 0.3) is 5.57 Å². The molecule has 0 bridgehead atoms. The highest BCUT2D eigenvalue weighted by molar-refractivity contribution is 9.10. The molecular formula is C22H19BrClN3O. The molecule has 1 aliphatic carbocycles. The number of likely N-dealkylation sites (tertiary alicyclic amines) is 1. The largest absolute Gasteiger partial charge is 0.341 e. The first-order valence-corrected chi connectivity index (χ1v) is 10.5. The quantitative estimate of drug-likeness (QED) is 0.611. The number of nitrogens with zero attached hydrogens (tertiary/aromatic N) is 3. The van der Waals surface area contributed by atoms with Gasteiger partial charge in [0.15, 0.2) is 0 Å². The maximum atomic E-state index is 12.1. The first kappa shape index (κ1) is 19.2. The highest BCUT2D eigenvalue weighted by Crippen LogP contribution is 2.39. The van der Waals surface area contributed by atoms with Crippen LogP contribution >= 0.6 is 27.5 Å². The zero-order chi connectivity index (χ0) is 19.7. The molecule has 142 valence electrons. The van der Waals surface area contributed by atoms with E-state index in [1.807, 2.05) is 18.3 Å². The molecule has 0 unspecified atom stereocenters. The van der Waals surface area contributed by atoms with Gasteiger partial charge in [-0.3, -0.25) is 9.78 Å². The maximum Gasteiger partial charge on any atom is 0.236 e. The van der Waals surface area contributed by atoms with Crippen LogP contribution in [0.4, 0.5) is 0 Å². The molecule has 2 aromatic rings. The van der Waals surface area contributed by atoms with Gasteiger partial charge in [-0.15, -0.1) is 0 Å². The fourth-order valence-corrected chi connectivity index (χ4v) is 4.69. The molecule has 0 N–H and O–H groups in total. The summed E-state index contributed by atoms with van der Waals surface area (Å²) in [6.45, 7) is 1.29. The van der Waals surface area contributed by atoms with E-state index in [9.17, 15) is 4.79 Å². The minimum Gasteiger partial charge on any atom is -0.341 e. The summed E-state index contributed by atoms with van der Waals surface area (Å²) < 4.78 is 0.983.